The zero-order valence-corrected chi connectivity index (χ0v) is 12.7. The Labute approximate surface area is 123 Å². The van der Waals surface area contributed by atoms with Gasteiger partial charge in [0.1, 0.15) is 18.3 Å². The van der Waals surface area contributed by atoms with Crippen molar-refractivity contribution in [2.45, 2.75) is 19.8 Å². The Morgan fingerprint density at radius 1 is 1.25 bits per heavy atom. The van der Waals surface area contributed by atoms with Crippen LogP contribution in [-0.2, 0) is 9.53 Å². The number of esters is 1. The lowest BCUT2D eigenvalue weighted by Crippen LogP contribution is -2.20. The molecule has 1 heterocycles. The molecule has 1 atom stereocenters. The number of thiophene rings is 1. The summed E-state index contributed by atoms with van der Waals surface area (Å²) in [5, 5.41) is 0. The van der Waals surface area contributed by atoms with Crippen LogP contribution in [0.5, 0.6) is 5.75 Å². The normalized spacial score (nSPS) is 11.9. The van der Waals surface area contributed by atoms with Crippen molar-refractivity contribution in [2.24, 2.45) is 0 Å². The number of hydrogen-bond acceptors (Lipinski definition) is 4. The van der Waals surface area contributed by atoms with E-state index in [4.69, 9.17) is 9.47 Å². The molecule has 4 heteroatoms. The number of aryl methyl sites for hydroxylation is 2. The first-order valence-corrected chi connectivity index (χ1v) is 7.25. The molecule has 0 aliphatic carbocycles. The minimum absolute atomic E-state index is 0.264. The molecule has 1 unspecified atom stereocenters. The fraction of sp³-hybridized carbons (Fsp3) is 0.312. The first kappa shape index (κ1) is 14.6. The molecule has 20 heavy (non-hydrogen) atoms. The van der Waals surface area contributed by atoms with Crippen LogP contribution in [0.4, 0.5) is 0 Å². The fourth-order valence-electron chi connectivity index (χ4n) is 1.93. The second-order valence-electron chi connectivity index (χ2n) is 4.65. The average Bonchev–Trinajstić information content (AvgIpc) is 2.85. The second kappa shape index (κ2) is 6.57. The van der Waals surface area contributed by atoms with Crippen LogP contribution >= 0.6 is 11.3 Å². The molecule has 0 aliphatic rings. The third-order valence-corrected chi connectivity index (χ3v) is 4.11. The van der Waals surface area contributed by atoms with Crippen LogP contribution in [0.3, 0.4) is 0 Å². The van der Waals surface area contributed by atoms with E-state index in [0.29, 0.717) is 0 Å². The van der Waals surface area contributed by atoms with Gasteiger partial charge in [-0.1, -0.05) is 12.1 Å². The Kier molecular flexibility index (Phi) is 4.79. The van der Waals surface area contributed by atoms with Crippen molar-refractivity contribution in [3.05, 3.63) is 51.7 Å². The molecule has 0 bridgehead atoms. The molecule has 2 aromatic rings. The maximum Gasteiger partial charge on any atom is 0.317 e. The van der Waals surface area contributed by atoms with E-state index < -0.39 is 0 Å². The second-order valence-corrected chi connectivity index (χ2v) is 5.97. The van der Waals surface area contributed by atoms with Gasteiger partial charge in [0.25, 0.3) is 0 Å². The summed E-state index contributed by atoms with van der Waals surface area (Å²) in [5.41, 5.74) is 1.13. The first-order valence-electron chi connectivity index (χ1n) is 6.44. The Morgan fingerprint density at radius 3 is 2.65 bits per heavy atom. The van der Waals surface area contributed by atoms with Crippen LogP contribution in [0.15, 0.2) is 36.4 Å². The molecule has 1 aromatic carbocycles. The highest BCUT2D eigenvalue weighted by molar-refractivity contribution is 7.12. The minimum atomic E-state index is -0.376. The van der Waals surface area contributed by atoms with E-state index in [1.807, 2.05) is 50.2 Å². The van der Waals surface area contributed by atoms with Crippen LogP contribution in [0, 0.1) is 13.8 Å². The van der Waals surface area contributed by atoms with Gasteiger partial charge in [-0.2, -0.15) is 0 Å². The van der Waals surface area contributed by atoms with Gasteiger partial charge in [-0.15, -0.1) is 11.3 Å². The Balaban J connectivity index is 2.11. The first-order chi connectivity index (χ1) is 9.60. The van der Waals surface area contributed by atoms with Gasteiger partial charge >= 0.3 is 5.97 Å². The van der Waals surface area contributed by atoms with Crippen molar-refractivity contribution >= 4 is 17.3 Å². The van der Waals surface area contributed by atoms with Crippen molar-refractivity contribution in [3.63, 3.8) is 0 Å². The van der Waals surface area contributed by atoms with Crippen LogP contribution in [-0.4, -0.2) is 19.7 Å². The standard InChI is InChI=1S/C16H18O3S/c1-11-5-4-6-13(9-11)19-10-14(16(17)18-3)15-8-7-12(2)20-15/h4-9,14H,10H2,1-3H3. The molecule has 106 valence electrons. The van der Waals surface area contributed by atoms with Crippen LogP contribution < -0.4 is 4.74 Å². The number of carbonyl (C=O) groups excluding carboxylic acids is 1. The Bertz CT molecular complexity index is 589. The molecule has 0 radical (unpaired) electrons. The minimum Gasteiger partial charge on any atom is -0.492 e. The average molecular weight is 290 g/mol. The van der Waals surface area contributed by atoms with Crippen molar-refractivity contribution in [3.8, 4) is 5.75 Å². The van der Waals surface area contributed by atoms with Crippen molar-refractivity contribution in [1.82, 2.24) is 0 Å². The summed E-state index contributed by atoms with van der Waals surface area (Å²) in [6.45, 7) is 4.31. The molecular formula is C16H18O3S. The molecule has 0 saturated carbocycles. The van der Waals surface area contributed by atoms with E-state index in [1.165, 1.54) is 12.0 Å². The van der Waals surface area contributed by atoms with E-state index in [9.17, 15) is 4.79 Å². The third-order valence-electron chi connectivity index (χ3n) is 3.00. The summed E-state index contributed by atoms with van der Waals surface area (Å²) in [5.74, 6) is 0.130. The van der Waals surface area contributed by atoms with Gasteiger partial charge in [0, 0.05) is 9.75 Å². The fourth-order valence-corrected chi connectivity index (χ4v) is 2.88. The third kappa shape index (κ3) is 3.61. The maximum absolute atomic E-state index is 11.9. The topological polar surface area (TPSA) is 35.5 Å². The SMILES string of the molecule is COC(=O)C(COc1cccc(C)c1)c1ccc(C)s1. The predicted octanol–water partition coefficient (Wildman–Crippen LogP) is 3.70. The lowest BCUT2D eigenvalue weighted by Gasteiger charge is -2.14. The lowest BCUT2D eigenvalue weighted by atomic mass is 10.1. The summed E-state index contributed by atoms with van der Waals surface area (Å²) in [4.78, 5) is 14.1. The number of benzene rings is 1. The van der Waals surface area contributed by atoms with E-state index >= 15 is 0 Å². The van der Waals surface area contributed by atoms with E-state index in [0.717, 1.165) is 16.2 Å². The highest BCUT2D eigenvalue weighted by atomic mass is 32.1. The molecule has 2 rings (SSSR count). The smallest absolute Gasteiger partial charge is 0.317 e. The summed E-state index contributed by atoms with van der Waals surface area (Å²) in [7, 11) is 1.41. The van der Waals surface area contributed by atoms with Crippen LogP contribution in [0.1, 0.15) is 21.2 Å². The molecule has 0 saturated heterocycles. The summed E-state index contributed by atoms with van der Waals surface area (Å²) < 4.78 is 10.6. The van der Waals surface area contributed by atoms with Crippen molar-refractivity contribution < 1.29 is 14.3 Å². The molecule has 1 aromatic heterocycles. The van der Waals surface area contributed by atoms with E-state index in [1.54, 1.807) is 11.3 Å². The van der Waals surface area contributed by atoms with Gasteiger partial charge in [0.05, 0.1) is 7.11 Å². The molecule has 3 nitrogen and oxygen atoms in total. The summed E-state index contributed by atoms with van der Waals surface area (Å²) >= 11 is 1.60. The van der Waals surface area contributed by atoms with Gasteiger partial charge in [0.15, 0.2) is 0 Å². The van der Waals surface area contributed by atoms with E-state index in [-0.39, 0.29) is 18.5 Å². The van der Waals surface area contributed by atoms with Gasteiger partial charge in [-0.25, -0.2) is 0 Å². The quantitative estimate of drug-likeness (QED) is 0.788. The Hall–Kier alpha value is -1.81. The Morgan fingerprint density at radius 2 is 2.05 bits per heavy atom. The van der Waals surface area contributed by atoms with Gasteiger partial charge < -0.3 is 9.47 Å². The van der Waals surface area contributed by atoms with Crippen molar-refractivity contribution in [2.75, 3.05) is 13.7 Å². The van der Waals surface area contributed by atoms with Crippen LogP contribution in [0.25, 0.3) is 0 Å². The highest BCUT2D eigenvalue weighted by Gasteiger charge is 2.24. The summed E-state index contributed by atoms with van der Waals surface area (Å²) in [6, 6.07) is 11.7. The predicted molar refractivity (Wildman–Crippen MR) is 80.5 cm³/mol. The number of methoxy groups -OCH3 is 1. The largest absolute Gasteiger partial charge is 0.492 e. The summed E-state index contributed by atoms with van der Waals surface area (Å²) in [6.07, 6.45) is 0. The molecule has 0 N–H and O–H groups in total. The maximum atomic E-state index is 11.9. The van der Waals surface area contributed by atoms with Gasteiger partial charge in [0.2, 0.25) is 0 Å². The van der Waals surface area contributed by atoms with E-state index in [2.05, 4.69) is 0 Å². The monoisotopic (exact) mass is 290 g/mol. The van der Waals surface area contributed by atoms with Gasteiger partial charge in [-0.05, 0) is 43.7 Å². The number of hydrogen-bond donors (Lipinski definition) is 0. The highest BCUT2D eigenvalue weighted by Crippen LogP contribution is 2.26. The van der Waals surface area contributed by atoms with Crippen LogP contribution in [0.2, 0.25) is 0 Å². The lowest BCUT2D eigenvalue weighted by molar-refractivity contribution is -0.143. The molecule has 0 amide bonds. The molecule has 0 aliphatic heterocycles. The molecule has 0 fully saturated rings. The molecule has 0 spiro atoms. The zero-order chi connectivity index (χ0) is 14.5. The molecular weight excluding hydrogens is 272 g/mol. The number of ether oxygens (including phenoxy) is 2. The number of rotatable bonds is 5. The van der Waals surface area contributed by atoms with Gasteiger partial charge in [-0.3, -0.25) is 4.79 Å². The zero-order valence-electron chi connectivity index (χ0n) is 11.9. The van der Waals surface area contributed by atoms with Crippen molar-refractivity contribution in [1.29, 1.82) is 0 Å². The number of carbonyl (C=O) groups is 1.